The third-order valence-corrected chi connectivity index (χ3v) is 6.38. The van der Waals surface area contributed by atoms with E-state index in [-0.39, 0.29) is 18.6 Å². The van der Waals surface area contributed by atoms with Gasteiger partial charge in [-0.15, -0.1) is 0 Å². The van der Waals surface area contributed by atoms with Gasteiger partial charge in [0, 0.05) is 19.5 Å². The van der Waals surface area contributed by atoms with Crippen LogP contribution in [0, 0.1) is 0 Å². The van der Waals surface area contributed by atoms with Gasteiger partial charge in [0.25, 0.3) is 5.91 Å². The molecule has 0 unspecified atom stereocenters. The lowest BCUT2D eigenvalue weighted by atomic mass is 9.91. The van der Waals surface area contributed by atoms with E-state index in [9.17, 15) is 9.59 Å². The van der Waals surface area contributed by atoms with Crippen molar-refractivity contribution in [2.75, 3.05) is 33.0 Å². The lowest BCUT2D eigenvalue weighted by Crippen LogP contribution is -2.44. The molecule has 7 heteroatoms. The molecule has 7 nitrogen and oxygen atoms in total. The van der Waals surface area contributed by atoms with E-state index in [2.05, 4.69) is 28.4 Å². The topological polar surface area (TPSA) is 71.1 Å². The molecule has 0 bridgehead atoms. The average Bonchev–Trinajstić information content (AvgIpc) is 2.98. The maximum Gasteiger partial charge on any atom is 0.326 e. The van der Waals surface area contributed by atoms with Gasteiger partial charge in [-0.2, -0.15) is 0 Å². The van der Waals surface area contributed by atoms with Crippen molar-refractivity contribution in [3.63, 3.8) is 0 Å². The first-order valence-electron chi connectivity index (χ1n) is 11.1. The van der Waals surface area contributed by atoms with Crippen LogP contribution in [0.1, 0.15) is 30.9 Å². The summed E-state index contributed by atoms with van der Waals surface area (Å²) in [5, 5.41) is 2.89. The Morgan fingerprint density at radius 3 is 2.56 bits per heavy atom. The quantitative estimate of drug-likeness (QED) is 0.749. The number of fused-ring (bicyclic) bond motifs is 1. The van der Waals surface area contributed by atoms with Crippen molar-refractivity contribution in [1.82, 2.24) is 15.1 Å². The van der Waals surface area contributed by atoms with Crippen molar-refractivity contribution in [1.29, 1.82) is 0 Å². The van der Waals surface area contributed by atoms with Crippen LogP contribution in [0.5, 0.6) is 11.5 Å². The van der Waals surface area contributed by atoms with E-state index in [1.54, 1.807) is 13.0 Å². The van der Waals surface area contributed by atoms with E-state index in [0.29, 0.717) is 36.8 Å². The second-order valence-electron chi connectivity index (χ2n) is 8.56. The number of hydrogen-bond donors (Lipinski definition) is 1. The van der Waals surface area contributed by atoms with E-state index in [1.807, 2.05) is 30.3 Å². The number of urea groups is 1. The summed E-state index contributed by atoms with van der Waals surface area (Å²) in [6, 6.07) is 15.4. The summed E-state index contributed by atoms with van der Waals surface area (Å²) in [5.41, 5.74) is 2.08. The molecule has 1 atom stereocenters. The van der Waals surface area contributed by atoms with Gasteiger partial charge in [0.1, 0.15) is 5.54 Å². The Balaban J connectivity index is 1.30. The van der Waals surface area contributed by atoms with Gasteiger partial charge in [0.15, 0.2) is 11.5 Å². The van der Waals surface area contributed by atoms with Crippen LogP contribution in [0.4, 0.5) is 4.79 Å². The second kappa shape index (κ2) is 8.31. The minimum atomic E-state index is -1.14. The van der Waals surface area contributed by atoms with Gasteiger partial charge in [-0.3, -0.25) is 9.69 Å². The SMILES string of the molecule is C[C@]1(c2ccc3c(c2)OCCCO3)NC(=O)N(CN2CC=C(c3ccccc3)CC2)C1=O. The first-order chi connectivity index (χ1) is 15.5. The summed E-state index contributed by atoms with van der Waals surface area (Å²) >= 11 is 0. The Morgan fingerprint density at radius 1 is 1.03 bits per heavy atom. The number of nitrogens with one attached hydrogen (secondary N) is 1. The van der Waals surface area contributed by atoms with Crippen molar-refractivity contribution in [3.05, 3.63) is 65.7 Å². The van der Waals surface area contributed by atoms with Crippen molar-refractivity contribution < 1.29 is 19.1 Å². The molecule has 3 amide bonds. The summed E-state index contributed by atoms with van der Waals surface area (Å²) in [4.78, 5) is 29.6. The molecule has 2 aromatic rings. The minimum absolute atomic E-state index is 0.255. The van der Waals surface area contributed by atoms with Crippen molar-refractivity contribution >= 4 is 17.5 Å². The minimum Gasteiger partial charge on any atom is -0.490 e. The summed E-state index contributed by atoms with van der Waals surface area (Å²) in [6.45, 7) is 4.66. The molecular formula is C25H27N3O4. The predicted octanol–water partition coefficient (Wildman–Crippen LogP) is 3.36. The highest BCUT2D eigenvalue weighted by atomic mass is 16.5. The maximum atomic E-state index is 13.4. The van der Waals surface area contributed by atoms with Crippen LogP contribution in [0.15, 0.2) is 54.6 Å². The van der Waals surface area contributed by atoms with Gasteiger partial charge in [-0.25, -0.2) is 9.69 Å². The number of nitrogens with zero attached hydrogens (tertiary/aromatic N) is 2. The zero-order chi connectivity index (χ0) is 22.1. The predicted molar refractivity (Wildman–Crippen MR) is 120 cm³/mol. The molecule has 0 spiro atoms. The van der Waals surface area contributed by atoms with Crippen LogP contribution >= 0.6 is 0 Å². The third-order valence-electron chi connectivity index (χ3n) is 6.38. The molecule has 0 aliphatic carbocycles. The van der Waals surface area contributed by atoms with Gasteiger partial charge >= 0.3 is 6.03 Å². The number of imide groups is 1. The van der Waals surface area contributed by atoms with Crippen LogP contribution in [0.3, 0.4) is 0 Å². The first-order valence-corrected chi connectivity index (χ1v) is 11.1. The van der Waals surface area contributed by atoms with Gasteiger partial charge in [-0.05, 0) is 42.2 Å². The maximum absolute atomic E-state index is 13.4. The molecular weight excluding hydrogens is 406 g/mol. The van der Waals surface area contributed by atoms with E-state index in [4.69, 9.17) is 9.47 Å². The lowest BCUT2D eigenvalue weighted by molar-refractivity contribution is -0.132. The van der Waals surface area contributed by atoms with Gasteiger partial charge in [0.2, 0.25) is 0 Å². The largest absolute Gasteiger partial charge is 0.490 e. The number of amides is 3. The first kappa shape index (κ1) is 20.6. The number of rotatable bonds is 4. The molecule has 3 heterocycles. The fourth-order valence-corrected chi connectivity index (χ4v) is 4.45. The Kier molecular flexibility index (Phi) is 5.35. The molecule has 166 valence electrons. The number of carbonyl (C=O) groups excluding carboxylic acids is 2. The van der Waals surface area contributed by atoms with Crippen LogP contribution in [-0.2, 0) is 10.3 Å². The van der Waals surface area contributed by atoms with Gasteiger partial charge in [0.05, 0.1) is 19.9 Å². The van der Waals surface area contributed by atoms with Crippen molar-refractivity contribution in [2.24, 2.45) is 0 Å². The van der Waals surface area contributed by atoms with Gasteiger partial charge < -0.3 is 14.8 Å². The number of ether oxygens (including phenoxy) is 2. The molecule has 2 aromatic carbocycles. The number of hydrogen-bond acceptors (Lipinski definition) is 5. The molecule has 3 aliphatic heterocycles. The lowest BCUT2D eigenvalue weighted by Gasteiger charge is -2.30. The molecule has 32 heavy (non-hydrogen) atoms. The molecule has 1 N–H and O–H groups in total. The van der Waals surface area contributed by atoms with Crippen LogP contribution < -0.4 is 14.8 Å². The molecule has 0 aromatic heterocycles. The molecule has 0 saturated carbocycles. The molecule has 1 saturated heterocycles. The zero-order valence-electron chi connectivity index (χ0n) is 18.2. The summed E-state index contributed by atoms with van der Waals surface area (Å²) < 4.78 is 11.5. The summed E-state index contributed by atoms with van der Waals surface area (Å²) in [5.74, 6) is 1.02. The van der Waals surface area contributed by atoms with E-state index in [0.717, 1.165) is 19.4 Å². The fraction of sp³-hybridized carbons (Fsp3) is 0.360. The van der Waals surface area contributed by atoms with Crippen LogP contribution in [-0.4, -0.2) is 54.7 Å². The Morgan fingerprint density at radius 2 is 1.81 bits per heavy atom. The van der Waals surface area contributed by atoms with Crippen LogP contribution in [0.2, 0.25) is 0 Å². The fourth-order valence-electron chi connectivity index (χ4n) is 4.45. The van der Waals surface area contributed by atoms with Crippen molar-refractivity contribution in [3.8, 4) is 11.5 Å². The summed E-state index contributed by atoms with van der Waals surface area (Å²) in [6.07, 6.45) is 3.87. The number of benzene rings is 2. The second-order valence-corrected chi connectivity index (χ2v) is 8.56. The molecule has 5 rings (SSSR count). The zero-order valence-corrected chi connectivity index (χ0v) is 18.2. The Bertz CT molecular complexity index is 1070. The molecule has 0 radical (unpaired) electrons. The van der Waals surface area contributed by atoms with E-state index < -0.39 is 5.54 Å². The molecule has 1 fully saturated rings. The van der Waals surface area contributed by atoms with Crippen LogP contribution in [0.25, 0.3) is 5.57 Å². The summed E-state index contributed by atoms with van der Waals surface area (Å²) in [7, 11) is 0. The Labute approximate surface area is 187 Å². The smallest absolute Gasteiger partial charge is 0.326 e. The van der Waals surface area contributed by atoms with E-state index >= 15 is 0 Å². The normalized spacial score (nSPS) is 23.5. The number of carbonyl (C=O) groups is 2. The average molecular weight is 434 g/mol. The standard InChI is InChI=1S/C25H27N3O4/c1-25(20-8-9-21-22(16-20)32-15-5-14-31-21)23(29)28(24(30)26-25)17-27-12-10-19(11-13-27)18-6-3-2-4-7-18/h2-4,6-10,16H,5,11-15,17H2,1H3,(H,26,30)/t25-/m1/s1. The highest BCUT2D eigenvalue weighted by Gasteiger charge is 2.49. The van der Waals surface area contributed by atoms with Gasteiger partial charge in [-0.1, -0.05) is 42.5 Å². The molecule has 3 aliphatic rings. The highest BCUT2D eigenvalue weighted by molar-refractivity contribution is 6.07. The Hall–Kier alpha value is -3.32. The highest BCUT2D eigenvalue weighted by Crippen LogP contribution is 2.36. The third kappa shape index (κ3) is 3.73. The monoisotopic (exact) mass is 433 g/mol. The van der Waals surface area contributed by atoms with Crippen molar-refractivity contribution in [2.45, 2.75) is 25.3 Å². The van der Waals surface area contributed by atoms with E-state index in [1.165, 1.54) is 16.0 Å².